The molecule has 0 spiro atoms. The van der Waals surface area contributed by atoms with Crippen molar-refractivity contribution in [2.75, 3.05) is 6.54 Å². The summed E-state index contributed by atoms with van der Waals surface area (Å²) < 4.78 is 43.0. The number of carbonyl (C=O) groups is 1. The van der Waals surface area contributed by atoms with Gasteiger partial charge in [0.15, 0.2) is 17.8 Å². The molecule has 0 atom stereocenters. The summed E-state index contributed by atoms with van der Waals surface area (Å²) in [6.45, 7) is 1.73. The van der Waals surface area contributed by atoms with Gasteiger partial charge in [-0.1, -0.05) is 6.07 Å². The molecule has 0 saturated heterocycles. The second-order valence-electron chi connectivity index (χ2n) is 4.65. The highest BCUT2D eigenvalue weighted by atomic mass is 32.1. The molecule has 8 heteroatoms. The van der Waals surface area contributed by atoms with Crippen molar-refractivity contribution in [1.29, 1.82) is 0 Å². The first-order valence-corrected chi connectivity index (χ1v) is 7.02. The molecule has 0 aliphatic rings. The highest BCUT2D eigenvalue weighted by Gasteiger charge is 2.36. The number of alkyl halides is 3. The van der Waals surface area contributed by atoms with E-state index in [0.29, 0.717) is 4.88 Å². The van der Waals surface area contributed by atoms with E-state index in [1.807, 2.05) is 0 Å². The number of oxazole rings is 1. The predicted molar refractivity (Wildman–Crippen MR) is 72.0 cm³/mol. The minimum absolute atomic E-state index is 0.101. The van der Waals surface area contributed by atoms with Gasteiger partial charge in [0.05, 0.1) is 4.88 Å². The fourth-order valence-corrected chi connectivity index (χ4v) is 2.51. The third-order valence-electron chi connectivity index (χ3n) is 2.75. The van der Waals surface area contributed by atoms with E-state index in [1.54, 1.807) is 17.5 Å². The summed E-state index contributed by atoms with van der Waals surface area (Å²) >= 11 is 1.32. The van der Waals surface area contributed by atoms with Gasteiger partial charge in [-0.15, -0.1) is 11.3 Å². The van der Waals surface area contributed by atoms with Crippen molar-refractivity contribution in [2.45, 2.75) is 26.1 Å². The Bertz CT molecular complexity index is 605. The first-order chi connectivity index (χ1) is 9.79. The van der Waals surface area contributed by atoms with Crippen molar-refractivity contribution in [1.82, 2.24) is 9.88 Å². The van der Waals surface area contributed by atoms with Crippen LogP contribution in [0.4, 0.5) is 13.2 Å². The molecule has 21 heavy (non-hydrogen) atoms. The molecule has 0 fully saturated rings. The zero-order valence-corrected chi connectivity index (χ0v) is 12.2. The quantitative estimate of drug-likeness (QED) is 0.861. The van der Waals surface area contributed by atoms with Crippen LogP contribution >= 0.6 is 11.3 Å². The van der Waals surface area contributed by atoms with E-state index in [4.69, 9.17) is 4.42 Å². The predicted octanol–water partition coefficient (Wildman–Crippen LogP) is 3.82. The molecule has 0 saturated carbocycles. The van der Waals surface area contributed by atoms with Gasteiger partial charge in [-0.05, 0) is 25.3 Å². The molecule has 0 aliphatic heterocycles. The minimum Gasteiger partial charge on any atom is -0.442 e. The van der Waals surface area contributed by atoms with Crippen LogP contribution in [0.1, 0.15) is 24.3 Å². The van der Waals surface area contributed by atoms with Crippen LogP contribution in [0.2, 0.25) is 0 Å². The van der Waals surface area contributed by atoms with Gasteiger partial charge >= 0.3 is 6.18 Å². The van der Waals surface area contributed by atoms with E-state index in [0.717, 1.165) is 11.3 Å². The Kier molecular flexibility index (Phi) is 4.36. The third-order valence-corrected chi connectivity index (χ3v) is 3.62. The lowest BCUT2D eigenvalue weighted by atomic mass is 10.2. The number of thiophene rings is 1. The molecule has 0 radical (unpaired) electrons. The van der Waals surface area contributed by atoms with Crippen LogP contribution in [-0.4, -0.2) is 34.6 Å². The molecular weight excluding hydrogens is 305 g/mol. The molecule has 114 valence electrons. The number of carbonyl (C=O) groups excluding carboxylic acids is 1. The Morgan fingerprint density at radius 2 is 2.19 bits per heavy atom. The molecule has 0 N–H and O–H groups in total. The maximum absolute atomic E-state index is 12.6. The first-order valence-electron chi connectivity index (χ1n) is 6.14. The van der Waals surface area contributed by atoms with Crippen molar-refractivity contribution < 1.29 is 22.4 Å². The fraction of sp³-hybridized carbons (Fsp3) is 0.385. The van der Waals surface area contributed by atoms with E-state index in [-0.39, 0.29) is 11.5 Å². The van der Waals surface area contributed by atoms with Crippen LogP contribution < -0.4 is 0 Å². The van der Waals surface area contributed by atoms with Gasteiger partial charge in [-0.2, -0.15) is 13.2 Å². The lowest BCUT2D eigenvalue weighted by Crippen LogP contribution is -2.43. The van der Waals surface area contributed by atoms with Crippen LogP contribution in [0.5, 0.6) is 0 Å². The highest BCUT2D eigenvalue weighted by Crippen LogP contribution is 2.29. The Balaban J connectivity index is 2.32. The lowest BCUT2D eigenvalue weighted by Gasteiger charge is -2.27. The van der Waals surface area contributed by atoms with Gasteiger partial charge in [-0.25, -0.2) is 4.98 Å². The van der Waals surface area contributed by atoms with Crippen LogP contribution in [-0.2, 0) is 0 Å². The Labute approximate surface area is 123 Å². The molecule has 0 aromatic carbocycles. The van der Waals surface area contributed by atoms with E-state index >= 15 is 0 Å². The number of amides is 1. The molecule has 2 aromatic heterocycles. The molecule has 2 heterocycles. The number of rotatable bonds is 4. The van der Waals surface area contributed by atoms with Gasteiger partial charge in [-0.3, -0.25) is 4.79 Å². The highest BCUT2D eigenvalue weighted by molar-refractivity contribution is 7.13. The number of hydrogen-bond donors (Lipinski definition) is 0. The summed E-state index contributed by atoms with van der Waals surface area (Å²) in [6, 6.07) is 2.87. The average Bonchev–Trinajstić information content (AvgIpc) is 3.03. The Morgan fingerprint density at radius 3 is 2.71 bits per heavy atom. The van der Waals surface area contributed by atoms with E-state index < -0.39 is 24.7 Å². The largest absolute Gasteiger partial charge is 0.442 e. The summed E-state index contributed by atoms with van der Waals surface area (Å²) in [5.41, 5.74) is -0.101. The monoisotopic (exact) mass is 318 g/mol. The molecule has 0 aliphatic carbocycles. The molecule has 1 amide bonds. The first kappa shape index (κ1) is 15.6. The van der Waals surface area contributed by atoms with Crippen LogP contribution in [0.3, 0.4) is 0 Å². The Hall–Kier alpha value is -1.83. The van der Waals surface area contributed by atoms with Crippen molar-refractivity contribution in [2.24, 2.45) is 0 Å². The molecule has 2 rings (SSSR count). The summed E-state index contributed by atoms with van der Waals surface area (Å²) in [4.78, 5) is 17.5. The molecule has 4 nitrogen and oxygen atoms in total. The van der Waals surface area contributed by atoms with Crippen LogP contribution in [0.15, 0.2) is 28.3 Å². The van der Waals surface area contributed by atoms with Gasteiger partial charge in [0.1, 0.15) is 6.54 Å². The Morgan fingerprint density at radius 1 is 1.48 bits per heavy atom. The molecule has 0 unspecified atom stereocenters. The van der Waals surface area contributed by atoms with Crippen LogP contribution in [0.25, 0.3) is 10.6 Å². The van der Waals surface area contributed by atoms with Gasteiger partial charge < -0.3 is 9.32 Å². The zero-order chi connectivity index (χ0) is 15.6. The van der Waals surface area contributed by atoms with E-state index in [2.05, 4.69) is 4.98 Å². The smallest absolute Gasteiger partial charge is 0.406 e. The molecule has 2 aromatic rings. The summed E-state index contributed by atoms with van der Waals surface area (Å²) in [5, 5.41) is 1.78. The maximum Gasteiger partial charge on any atom is 0.406 e. The zero-order valence-electron chi connectivity index (χ0n) is 11.3. The van der Waals surface area contributed by atoms with Gasteiger partial charge in [0.2, 0.25) is 0 Å². The van der Waals surface area contributed by atoms with Gasteiger partial charge in [0.25, 0.3) is 5.91 Å². The molecular formula is C13H13F3N2O2S. The number of nitrogens with zero attached hydrogens (tertiary/aromatic N) is 2. The number of hydrogen-bond acceptors (Lipinski definition) is 4. The second-order valence-corrected chi connectivity index (χ2v) is 5.60. The van der Waals surface area contributed by atoms with Crippen LogP contribution in [0, 0.1) is 0 Å². The maximum atomic E-state index is 12.6. The number of aromatic nitrogens is 1. The minimum atomic E-state index is -4.47. The van der Waals surface area contributed by atoms with Crippen molar-refractivity contribution in [3.05, 3.63) is 29.6 Å². The average molecular weight is 318 g/mol. The van der Waals surface area contributed by atoms with Crippen molar-refractivity contribution in [3.8, 4) is 10.6 Å². The topological polar surface area (TPSA) is 46.3 Å². The standard InChI is InChI=1S/C13H13F3N2O2S/c1-8(2)18(6-13(14,15)16)12(19)10-11(20-7-17-10)9-4-3-5-21-9/h3-5,7-8H,6H2,1-2H3. The van der Waals surface area contributed by atoms with Gasteiger partial charge in [0, 0.05) is 6.04 Å². The van der Waals surface area contributed by atoms with Crippen molar-refractivity contribution >= 4 is 17.2 Å². The lowest BCUT2D eigenvalue weighted by molar-refractivity contribution is -0.143. The summed E-state index contributed by atoms with van der Waals surface area (Å²) in [5.74, 6) is -0.595. The number of halogens is 3. The summed E-state index contributed by atoms with van der Waals surface area (Å²) in [6.07, 6.45) is -3.40. The van der Waals surface area contributed by atoms with E-state index in [1.165, 1.54) is 25.2 Å². The van der Waals surface area contributed by atoms with E-state index in [9.17, 15) is 18.0 Å². The summed E-state index contributed by atoms with van der Waals surface area (Å²) in [7, 11) is 0. The van der Waals surface area contributed by atoms with Crippen molar-refractivity contribution in [3.63, 3.8) is 0 Å². The third kappa shape index (κ3) is 3.63. The normalized spacial score (nSPS) is 11.9. The SMILES string of the molecule is CC(C)N(CC(F)(F)F)C(=O)c1ncoc1-c1cccs1. The fourth-order valence-electron chi connectivity index (χ4n) is 1.80. The second kappa shape index (κ2) is 5.88. The molecule has 0 bridgehead atoms.